The zero-order valence-electron chi connectivity index (χ0n) is 13.0. The van der Waals surface area contributed by atoms with Gasteiger partial charge in [-0.3, -0.25) is 9.80 Å². The first-order valence-electron chi connectivity index (χ1n) is 8.46. The normalized spacial score (nSPS) is 33.6. The maximum absolute atomic E-state index is 6.44. The summed E-state index contributed by atoms with van der Waals surface area (Å²) in [6.07, 6.45) is 9.34. The van der Waals surface area contributed by atoms with E-state index in [1.807, 2.05) is 0 Å². The molecule has 3 atom stereocenters. The van der Waals surface area contributed by atoms with Crippen molar-refractivity contribution in [1.29, 1.82) is 0 Å². The summed E-state index contributed by atoms with van der Waals surface area (Å²) in [5.41, 5.74) is 6.44. The molecule has 1 aliphatic heterocycles. The summed E-state index contributed by atoms with van der Waals surface area (Å²) in [5, 5.41) is 0. The molecule has 1 saturated carbocycles. The van der Waals surface area contributed by atoms with Gasteiger partial charge in [-0.05, 0) is 26.2 Å². The van der Waals surface area contributed by atoms with Gasteiger partial charge in [0.05, 0.1) is 0 Å². The number of nitrogens with zero attached hydrogens (tertiary/aromatic N) is 2. The quantitative estimate of drug-likeness (QED) is 0.852. The van der Waals surface area contributed by atoms with E-state index in [0.29, 0.717) is 12.1 Å². The van der Waals surface area contributed by atoms with Crippen LogP contribution in [-0.4, -0.2) is 54.1 Å². The molecular weight excluding hydrogens is 234 g/mol. The maximum atomic E-state index is 6.44. The smallest absolute Gasteiger partial charge is 0.0248 e. The van der Waals surface area contributed by atoms with Crippen molar-refractivity contribution >= 4 is 0 Å². The highest BCUT2D eigenvalue weighted by Gasteiger charge is 2.29. The third-order valence-electron chi connectivity index (χ3n) is 5.31. The van der Waals surface area contributed by atoms with Crippen molar-refractivity contribution in [2.75, 3.05) is 26.2 Å². The Bertz CT molecular complexity index is 248. The van der Waals surface area contributed by atoms with Crippen LogP contribution in [0.25, 0.3) is 0 Å². The Morgan fingerprint density at radius 2 is 1.63 bits per heavy atom. The Balaban J connectivity index is 1.84. The summed E-state index contributed by atoms with van der Waals surface area (Å²) in [5.74, 6) is 0. The Morgan fingerprint density at radius 1 is 1.00 bits per heavy atom. The standard InChI is InChI=1S/C16H33N3/c1-3-14(2)18-10-12-19(13-11-18)16-9-7-5-4-6-8-15(16)17/h14-16H,3-13,17H2,1-2H3. The molecule has 2 N–H and O–H groups in total. The molecule has 3 heteroatoms. The highest BCUT2D eigenvalue weighted by atomic mass is 15.3. The van der Waals surface area contributed by atoms with Crippen molar-refractivity contribution in [3.05, 3.63) is 0 Å². The summed E-state index contributed by atoms with van der Waals surface area (Å²) in [4.78, 5) is 5.33. The monoisotopic (exact) mass is 267 g/mol. The first kappa shape index (κ1) is 15.3. The third-order valence-corrected chi connectivity index (χ3v) is 5.31. The summed E-state index contributed by atoms with van der Waals surface area (Å²) in [6.45, 7) is 9.57. The van der Waals surface area contributed by atoms with Gasteiger partial charge in [0.2, 0.25) is 0 Å². The molecule has 0 spiro atoms. The third kappa shape index (κ3) is 4.17. The molecule has 0 aromatic rings. The molecule has 1 aliphatic carbocycles. The summed E-state index contributed by atoms with van der Waals surface area (Å²) in [6, 6.07) is 1.81. The average molecular weight is 267 g/mol. The van der Waals surface area contributed by atoms with Crippen LogP contribution in [-0.2, 0) is 0 Å². The van der Waals surface area contributed by atoms with Gasteiger partial charge in [0.1, 0.15) is 0 Å². The summed E-state index contributed by atoms with van der Waals surface area (Å²) in [7, 11) is 0. The van der Waals surface area contributed by atoms with Gasteiger partial charge in [0.25, 0.3) is 0 Å². The summed E-state index contributed by atoms with van der Waals surface area (Å²) >= 11 is 0. The Morgan fingerprint density at radius 3 is 2.26 bits per heavy atom. The van der Waals surface area contributed by atoms with Crippen LogP contribution in [0.4, 0.5) is 0 Å². The van der Waals surface area contributed by atoms with Gasteiger partial charge in [0, 0.05) is 44.3 Å². The highest BCUT2D eigenvalue weighted by Crippen LogP contribution is 2.22. The van der Waals surface area contributed by atoms with Crippen molar-refractivity contribution in [2.45, 2.75) is 76.9 Å². The molecule has 3 nitrogen and oxygen atoms in total. The van der Waals surface area contributed by atoms with E-state index in [9.17, 15) is 0 Å². The van der Waals surface area contributed by atoms with Gasteiger partial charge in [-0.2, -0.15) is 0 Å². The SMILES string of the molecule is CCC(C)N1CCN(C2CCCCCCC2N)CC1. The van der Waals surface area contributed by atoms with Gasteiger partial charge in [-0.1, -0.05) is 32.6 Å². The number of piperazine rings is 1. The van der Waals surface area contributed by atoms with Gasteiger partial charge in [-0.15, -0.1) is 0 Å². The number of rotatable bonds is 3. The molecule has 0 aromatic heterocycles. The highest BCUT2D eigenvalue weighted by molar-refractivity contribution is 4.87. The van der Waals surface area contributed by atoms with Gasteiger partial charge >= 0.3 is 0 Å². The fourth-order valence-corrected chi connectivity index (χ4v) is 3.71. The van der Waals surface area contributed by atoms with Crippen molar-refractivity contribution in [3.8, 4) is 0 Å². The molecular formula is C16H33N3. The molecule has 112 valence electrons. The second-order valence-corrected chi connectivity index (χ2v) is 6.55. The lowest BCUT2D eigenvalue weighted by atomic mass is 9.91. The van der Waals surface area contributed by atoms with Crippen molar-refractivity contribution in [2.24, 2.45) is 5.73 Å². The predicted octanol–water partition coefficient (Wildman–Crippen LogP) is 2.45. The van der Waals surface area contributed by atoms with E-state index in [1.165, 1.54) is 71.1 Å². The van der Waals surface area contributed by atoms with E-state index < -0.39 is 0 Å². The van der Waals surface area contributed by atoms with Crippen LogP contribution >= 0.6 is 0 Å². The predicted molar refractivity (Wildman–Crippen MR) is 82.4 cm³/mol. The molecule has 1 heterocycles. The van der Waals surface area contributed by atoms with Crippen LogP contribution in [0.15, 0.2) is 0 Å². The largest absolute Gasteiger partial charge is 0.326 e. The van der Waals surface area contributed by atoms with E-state index in [1.54, 1.807) is 0 Å². The van der Waals surface area contributed by atoms with Gasteiger partial charge in [-0.25, -0.2) is 0 Å². The minimum absolute atomic E-state index is 0.412. The molecule has 2 fully saturated rings. The van der Waals surface area contributed by atoms with E-state index in [2.05, 4.69) is 23.6 Å². The molecule has 19 heavy (non-hydrogen) atoms. The second-order valence-electron chi connectivity index (χ2n) is 6.55. The van der Waals surface area contributed by atoms with Crippen molar-refractivity contribution < 1.29 is 0 Å². The first-order valence-corrected chi connectivity index (χ1v) is 8.46. The molecule has 0 bridgehead atoms. The molecule has 0 aromatic carbocycles. The minimum atomic E-state index is 0.412. The topological polar surface area (TPSA) is 32.5 Å². The van der Waals surface area contributed by atoms with Crippen LogP contribution < -0.4 is 5.73 Å². The lowest BCUT2D eigenvalue weighted by molar-refractivity contribution is 0.0566. The number of hydrogen-bond donors (Lipinski definition) is 1. The van der Waals surface area contributed by atoms with E-state index >= 15 is 0 Å². The fraction of sp³-hybridized carbons (Fsp3) is 1.00. The molecule has 0 radical (unpaired) electrons. The Labute approximate surface area is 119 Å². The maximum Gasteiger partial charge on any atom is 0.0248 e. The van der Waals surface area contributed by atoms with Crippen molar-refractivity contribution in [3.63, 3.8) is 0 Å². The van der Waals surface area contributed by atoms with Crippen LogP contribution in [0.2, 0.25) is 0 Å². The molecule has 3 unspecified atom stereocenters. The Hall–Kier alpha value is -0.120. The van der Waals surface area contributed by atoms with Crippen LogP contribution in [0.5, 0.6) is 0 Å². The lowest BCUT2D eigenvalue weighted by Crippen LogP contribution is -2.57. The number of hydrogen-bond acceptors (Lipinski definition) is 3. The summed E-state index contributed by atoms with van der Waals surface area (Å²) < 4.78 is 0. The van der Waals surface area contributed by atoms with E-state index in [4.69, 9.17) is 5.73 Å². The second kappa shape index (κ2) is 7.61. The van der Waals surface area contributed by atoms with Crippen LogP contribution in [0.1, 0.15) is 58.8 Å². The fourth-order valence-electron chi connectivity index (χ4n) is 3.71. The molecule has 0 amide bonds. The molecule has 2 rings (SSSR count). The van der Waals surface area contributed by atoms with Gasteiger partial charge in [0.15, 0.2) is 0 Å². The minimum Gasteiger partial charge on any atom is -0.326 e. The lowest BCUT2D eigenvalue weighted by Gasteiger charge is -2.43. The van der Waals surface area contributed by atoms with Crippen molar-refractivity contribution in [1.82, 2.24) is 9.80 Å². The Kier molecular flexibility index (Phi) is 6.11. The molecule has 2 aliphatic rings. The first-order chi connectivity index (χ1) is 9.22. The number of nitrogens with two attached hydrogens (primary N) is 1. The van der Waals surface area contributed by atoms with E-state index in [-0.39, 0.29) is 0 Å². The zero-order chi connectivity index (χ0) is 13.7. The molecule has 1 saturated heterocycles. The van der Waals surface area contributed by atoms with E-state index in [0.717, 1.165) is 6.04 Å². The average Bonchev–Trinajstić information content (AvgIpc) is 2.43. The van der Waals surface area contributed by atoms with Crippen LogP contribution in [0.3, 0.4) is 0 Å². The van der Waals surface area contributed by atoms with Gasteiger partial charge < -0.3 is 5.73 Å². The van der Waals surface area contributed by atoms with Crippen LogP contribution in [0, 0.1) is 0 Å². The zero-order valence-corrected chi connectivity index (χ0v) is 13.0.